The number of nitrogens with zero attached hydrogens (tertiary/aromatic N) is 4. The Balaban J connectivity index is 2.01. The second-order valence-electron chi connectivity index (χ2n) is 5.01. The van der Waals surface area contributed by atoms with Gasteiger partial charge in [0.05, 0.1) is 11.9 Å². The summed E-state index contributed by atoms with van der Waals surface area (Å²) in [5, 5.41) is 11.3. The second kappa shape index (κ2) is 6.23. The van der Waals surface area contributed by atoms with E-state index in [-0.39, 0.29) is 0 Å². The van der Waals surface area contributed by atoms with Gasteiger partial charge in [0.1, 0.15) is 0 Å². The first-order valence-electron chi connectivity index (χ1n) is 6.51. The average molecular weight is 275 g/mol. The molecule has 1 atom stereocenters. The SMILES string of the molecule is CC(C)CCN1N=NC(=O)C1C(=O)Nc1cccnc1. The summed E-state index contributed by atoms with van der Waals surface area (Å²) in [5.74, 6) is -0.505. The first-order valence-corrected chi connectivity index (χ1v) is 6.51. The minimum absolute atomic E-state index is 0.434. The number of hydrogen-bond donors (Lipinski definition) is 1. The molecule has 0 bridgehead atoms. The molecule has 1 N–H and O–H groups in total. The van der Waals surface area contributed by atoms with E-state index in [1.807, 2.05) is 0 Å². The zero-order valence-electron chi connectivity index (χ0n) is 11.5. The predicted molar refractivity (Wildman–Crippen MR) is 72.7 cm³/mol. The van der Waals surface area contributed by atoms with Crippen molar-refractivity contribution >= 4 is 17.5 Å². The van der Waals surface area contributed by atoms with Gasteiger partial charge < -0.3 is 5.32 Å². The molecule has 0 fully saturated rings. The van der Waals surface area contributed by atoms with Gasteiger partial charge >= 0.3 is 0 Å². The second-order valence-corrected chi connectivity index (χ2v) is 5.01. The topological polar surface area (TPSA) is 87.0 Å². The predicted octanol–water partition coefficient (Wildman–Crippen LogP) is 1.64. The fourth-order valence-electron chi connectivity index (χ4n) is 1.79. The Labute approximate surface area is 117 Å². The van der Waals surface area contributed by atoms with E-state index in [2.05, 4.69) is 34.5 Å². The molecule has 106 valence electrons. The van der Waals surface area contributed by atoms with Crippen LogP contribution in [-0.2, 0) is 9.59 Å². The fraction of sp³-hybridized carbons (Fsp3) is 0.462. The molecule has 7 heteroatoms. The van der Waals surface area contributed by atoms with E-state index < -0.39 is 17.9 Å². The molecule has 20 heavy (non-hydrogen) atoms. The highest BCUT2D eigenvalue weighted by molar-refractivity contribution is 6.10. The molecule has 2 amide bonds. The highest BCUT2D eigenvalue weighted by Gasteiger charge is 2.37. The van der Waals surface area contributed by atoms with Gasteiger partial charge in [-0.15, -0.1) is 0 Å². The normalized spacial score (nSPS) is 17.9. The van der Waals surface area contributed by atoms with E-state index in [0.29, 0.717) is 18.2 Å². The van der Waals surface area contributed by atoms with Crippen LogP contribution in [0.15, 0.2) is 34.9 Å². The van der Waals surface area contributed by atoms with Crippen LogP contribution in [0.25, 0.3) is 0 Å². The lowest BCUT2D eigenvalue weighted by molar-refractivity contribution is -0.129. The van der Waals surface area contributed by atoms with E-state index in [1.54, 1.807) is 18.3 Å². The number of nitrogens with one attached hydrogen (secondary N) is 1. The molecule has 1 aliphatic rings. The molecular formula is C13H17N5O2. The van der Waals surface area contributed by atoms with E-state index in [9.17, 15) is 9.59 Å². The van der Waals surface area contributed by atoms with Gasteiger partial charge in [-0.25, -0.2) is 0 Å². The summed E-state index contributed by atoms with van der Waals surface area (Å²) < 4.78 is 0. The summed E-state index contributed by atoms with van der Waals surface area (Å²) in [5.41, 5.74) is 0.543. The molecule has 1 aliphatic heterocycles. The Hall–Kier alpha value is -2.31. The summed E-state index contributed by atoms with van der Waals surface area (Å²) in [6, 6.07) is 2.43. The van der Waals surface area contributed by atoms with E-state index >= 15 is 0 Å². The summed E-state index contributed by atoms with van der Waals surface area (Å²) in [7, 11) is 0. The smallest absolute Gasteiger partial charge is 0.300 e. The maximum absolute atomic E-state index is 12.2. The monoisotopic (exact) mass is 275 g/mol. The van der Waals surface area contributed by atoms with Crippen LogP contribution in [0.3, 0.4) is 0 Å². The maximum Gasteiger partial charge on any atom is 0.300 e. The zero-order chi connectivity index (χ0) is 14.5. The van der Waals surface area contributed by atoms with Crippen molar-refractivity contribution < 1.29 is 9.59 Å². The molecule has 1 unspecified atom stereocenters. The lowest BCUT2D eigenvalue weighted by Crippen LogP contribution is -2.43. The van der Waals surface area contributed by atoms with E-state index in [4.69, 9.17) is 0 Å². The van der Waals surface area contributed by atoms with Crippen molar-refractivity contribution in [1.29, 1.82) is 0 Å². The number of anilines is 1. The molecule has 0 saturated heterocycles. The fourth-order valence-corrected chi connectivity index (χ4v) is 1.79. The lowest BCUT2D eigenvalue weighted by atomic mass is 10.1. The van der Waals surface area contributed by atoms with E-state index in [0.717, 1.165) is 6.42 Å². The van der Waals surface area contributed by atoms with Gasteiger partial charge in [0.15, 0.2) is 0 Å². The number of aromatic nitrogens is 1. The van der Waals surface area contributed by atoms with Crippen molar-refractivity contribution in [2.75, 3.05) is 11.9 Å². The molecule has 7 nitrogen and oxygen atoms in total. The van der Waals surface area contributed by atoms with E-state index in [1.165, 1.54) is 11.2 Å². The van der Waals surface area contributed by atoms with Gasteiger partial charge in [-0.3, -0.25) is 19.6 Å². The molecule has 0 radical (unpaired) electrons. The number of amides is 2. The number of carbonyl (C=O) groups is 2. The van der Waals surface area contributed by atoms with Crippen LogP contribution in [0, 0.1) is 5.92 Å². The summed E-state index contributed by atoms with van der Waals surface area (Å²) >= 11 is 0. The van der Waals surface area contributed by atoms with Crippen LogP contribution in [0.2, 0.25) is 0 Å². The maximum atomic E-state index is 12.2. The molecule has 0 aliphatic carbocycles. The highest BCUT2D eigenvalue weighted by Crippen LogP contribution is 2.16. The first-order chi connectivity index (χ1) is 9.58. The van der Waals surface area contributed by atoms with Gasteiger partial charge in [0.2, 0.25) is 6.04 Å². The van der Waals surface area contributed by atoms with Crippen molar-refractivity contribution in [3.63, 3.8) is 0 Å². The molecule has 2 heterocycles. The first kappa shape index (κ1) is 14.1. The largest absolute Gasteiger partial charge is 0.322 e. The molecule has 1 aromatic heterocycles. The Morgan fingerprint density at radius 2 is 2.30 bits per heavy atom. The van der Waals surface area contributed by atoms with Gasteiger partial charge in [-0.2, -0.15) is 0 Å². The standard InChI is InChI=1S/C13H17N5O2/c1-9(2)5-7-18-11(13(20)16-17-18)12(19)15-10-4-3-6-14-8-10/h3-4,6,8-9,11H,5,7H2,1-2H3,(H,15,19). The molecule has 0 spiro atoms. The van der Waals surface area contributed by atoms with Crippen molar-refractivity contribution in [2.24, 2.45) is 16.3 Å². The lowest BCUT2D eigenvalue weighted by Gasteiger charge is -2.20. The van der Waals surface area contributed by atoms with Crippen LogP contribution in [0.5, 0.6) is 0 Å². The van der Waals surface area contributed by atoms with Crippen molar-refractivity contribution in [2.45, 2.75) is 26.3 Å². The molecular weight excluding hydrogens is 258 g/mol. The Morgan fingerprint density at radius 1 is 1.50 bits per heavy atom. The quantitative estimate of drug-likeness (QED) is 0.827. The third kappa shape index (κ3) is 3.37. The third-order valence-electron chi connectivity index (χ3n) is 2.90. The van der Waals surface area contributed by atoms with Crippen molar-refractivity contribution in [3.8, 4) is 0 Å². The Bertz CT molecular complexity index is 515. The van der Waals surface area contributed by atoms with Crippen LogP contribution in [-0.4, -0.2) is 34.4 Å². The average Bonchev–Trinajstić information content (AvgIpc) is 2.78. The molecule has 0 aromatic carbocycles. The van der Waals surface area contributed by atoms with Crippen LogP contribution >= 0.6 is 0 Å². The van der Waals surface area contributed by atoms with Crippen LogP contribution in [0.1, 0.15) is 20.3 Å². The summed E-state index contributed by atoms with van der Waals surface area (Å²) in [6.07, 6.45) is 3.96. The van der Waals surface area contributed by atoms with Gasteiger partial charge in [-0.05, 0) is 24.5 Å². The van der Waals surface area contributed by atoms with Gasteiger partial charge in [0, 0.05) is 12.7 Å². The number of rotatable bonds is 5. The Morgan fingerprint density at radius 3 is 2.95 bits per heavy atom. The Kier molecular flexibility index (Phi) is 4.39. The van der Waals surface area contributed by atoms with Crippen molar-refractivity contribution in [1.82, 2.24) is 9.99 Å². The van der Waals surface area contributed by atoms with Crippen molar-refractivity contribution in [3.05, 3.63) is 24.5 Å². The third-order valence-corrected chi connectivity index (χ3v) is 2.90. The minimum atomic E-state index is -0.978. The summed E-state index contributed by atoms with van der Waals surface area (Å²) in [4.78, 5) is 27.7. The summed E-state index contributed by atoms with van der Waals surface area (Å²) in [6.45, 7) is 4.66. The van der Waals surface area contributed by atoms with Gasteiger partial charge in [-0.1, -0.05) is 24.2 Å². The van der Waals surface area contributed by atoms with Gasteiger partial charge in [0.25, 0.3) is 11.8 Å². The molecule has 2 rings (SSSR count). The van der Waals surface area contributed by atoms with Crippen LogP contribution in [0.4, 0.5) is 5.69 Å². The number of hydrogen-bond acceptors (Lipinski definition) is 5. The van der Waals surface area contributed by atoms with Crippen LogP contribution < -0.4 is 5.32 Å². The zero-order valence-corrected chi connectivity index (χ0v) is 11.5. The number of carbonyl (C=O) groups excluding carboxylic acids is 2. The number of pyridine rings is 1. The highest BCUT2D eigenvalue weighted by atomic mass is 16.2. The molecule has 0 saturated carbocycles. The molecule has 1 aromatic rings. The minimum Gasteiger partial charge on any atom is -0.322 e.